The fourth-order valence-corrected chi connectivity index (χ4v) is 2.84. The molecule has 2 atom stereocenters. The zero-order valence-electron chi connectivity index (χ0n) is 13.6. The lowest BCUT2D eigenvalue weighted by molar-refractivity contribution is -0.157. The van der Waals surface area contributed by atoms with E-state index >= 15 is 0 Å². The first-order valence-corrected chi connectivity index (χ1v) is 7.91. The highest BCUT2D eigenvalue weighted by Crippen LogP contribution is 2.30. The van der Waals surface area contributed by atoms with Gasteiger partial charge in [-0.3, -0.25) is 5.32 Å². The third-order valence-corrected chi connectivity index (χ3v) is 4.09. The molecular formula is C19H22F3NO. The van der Waals surface area contributed by atoms with Crippen LogP contribution in [0.1, 0.15) is 31.4 Å². The maximum Gasteiger partial charge on any atom is 0.404 e. The number of benzene rings is 2. The summed E-state index contributed by atoms with van der Waals surface area (Å²) in [6.07, 6.45) is -4.44. The second kappa shape index (κ2) is 7.81. The molecule has 0 radical (unpaired) electrons. The molecule has 24 heavy (non-hydrogen) atoms. The molecule has 0 fully saturated rings. The van der Waals surface area contributed by atoms with Crippen molar-refractivity contribution in [1.29, 1.82) is 0 Å². The van der Waals surface area contributed by atoms with E-state index in [4.69, 9.17) is 5.11 Å². The summed E-state index contributed by atoms with van der Waals surface area (Å²) < 4.78 is 40.0. The Morgan fingerprint density at radius 1 is 1.17 bits per heavy atom. The molecule has 0 bridgehead atoms. The lowest BCUT2D eigenvalue weighted by Crippen LogP contribution is -2.43. The zero-order chi connectivity index (χ0) is 17.7. The Labute approximate surface area is 140 Å². The topological polar surface area (TPSA) is 32.3 Å². The Hall–Kier alpha value is -1.85. The number of fused-ring (bicyclic) bond motifs is 1. The highest BCUT2D eigenvalue weighted by molar-refractivity contribution is 5.86. The van der Waals surface area contributed by atoms with Crippen LogP contribution in [0.15, 0.2) is 54.6 Å². The molecule has 2 aromatic carbocycles. The molecule has 0 amide bonds. The summed E-state index contributed by atoms with van der Waals surface area (Å²) in [5.74, 6) is 0. The van der Waals surface area contributed by atoms with Gasteiger partial charge < -0.3 is 5.11 Å². The molecule has 1 unspecified atom stereocenters. The monoisotopic (exact) mass is 337 g/mol. The summed E-state index contributed by atoms with van der Waals surface area (Å²) in [7, 11) is 0. The van der Waals surface area contributed by atoms with Crippen molar-refractivity contribution in [3.63, 3.8) is 0 Å². The first-order valence-electron chi connectivity index (χ1n) is 7.91. The number of hydrogen-bond acceptors (Lipinski definition) is 2. The fraction of sp³-hybridized carbons (Fsp3) is 0.368. The van der Waals surface area contributed by atoms with Crippen LogP contribution < -0.4 is 5.32 Å². The molecule has 0 saturated carbocycles. The minimum absolute atomic E-state index is 0.177. The van der Waals surface area contributed by atoms with Gasteiger partial charge >= 0.3 is 6.18 Å². The van der Waals surface area contributed by atoms with Gasteiger partial charge in [-0.25, -0.2) is 0 Å². The normalized spacial score (nSPS) is 14.5. The average Bonchev–Trinajstić information content (AvgIpc) is 2.53. The van der Waals surface area contributed by atoms with Crippen LogP contribution in [-0.4, -0.2) is 23.9 Å². The second-order valence-electron chi connectivity index (χ2n) is 5.98. The number of aliphatic hydroxyl groups is 1. The molecule has 0 aliphatic carbocycles. The van der Waals surface area contributed by atoms with E-state index in [0.717, 1.165) is 16.3 Å². The van der Waals surface area contributed by atoms with Crippen LogP contribution in [0.5, 0.6) is 0 Å². The van der Waals surface area contributed by atoms with Crippen molar-refractivity contribution in [1.82, 2.24) is 5.32 Å². The van der Waals surface area contributed by atoms with E-state index in [1.165, 1.54) is 0 Å². The van der Waals surface area contributed by atoms with E-state index < -0.39 is 18.3 Å². The van der Waals surface area contributed by atoms with Gasteiger partial charge in [0.1, 0.15) is 6.04 Å². The third kappa shape index (κ3) is 4.58. The summed E-state index contributed by atoms with van der Waals surface area (Å²) in [5.41, 5.74) is 1.22. The van der Waals surface area contributed by atoms with Crippen molar-refractivity contribution in [3.8, 4) is 0 Å². The molecule has 0 spiro atoms. The SMILES string of the molecule is C=C(CCO)CC(N[C@H](C)c1cccc2ccccc12)C(F)(F)F. The maximum atomic E-state index is 13.3. The van der Waals surface area contributed by atoms with Gasteiger partial charge in [-0.15, -0.1) is 0 Å². The molecule has 2 aromatic rings. The van der Waals surface area contributed by atoms with Crippen molar-refractivity contribution in [3.05, 3.63) is 60.2 Å². The van der Waals surface area contributed by atoms with Crippen molar-refractivity contribution in [2.45, 2.75) is 38.0 Å². The van der Waals surface area contributed by atoms with Gasteiger partial charge in [-0.05, 0) is 36.1 Å². The third-order valence-electron chi connectivity index (χ3n) is 4.09. The van der Waals surface area contributed by atoms with E-state index in [-0.39, 0.29) is 19.4 Å². The van der Waals surface area contributed by atoms with Gasteiger partial charge in [0.25, 0.3) is 0 Å². The molecule has 2 N–H and O–H groups in total. The van der Waals surface area contributed by atoms with Gasteiger partial charge in [0.15, 0.2) is 0 Å². The summed E-state index contributed by atoms with van der Waals surface area (Å²) in [4.78, 5) is 0. The van der Waals surface area contributed by atoms with Gasteiger partial charge in [0.05, 0.1) is 0 Å². The van der Waals surface area contributed by atoms with Crippen LogP contribution in [0.4, 0.5) is 13.2 Å². The van der Waals surface area contributed by atoms with E-state index in [2.05, 4.69) is 11.9 Å². The number of nitrogens with one attached hydrogen (secondary N) is 1. The average molecular weight is 337 g/mol. The highest BCUT2D eigenvalue weighted by Gasteiger charge is 2.40. The summed E-state index contributed by atoms with van der Waals surface area (Å²) in [6, 6.07) is 11.1. The van der Waals surface area contributed by atoms with Crippen LogP contribution in [0.3, 0.4) is 0 Å². The summed E-state index contributed by atoms with van der Waals surface area (Å²) in [5, 5.41) is 13.5. The Bertz CT molecular complexity index is 691. The Morgan fingerprint density at radius 3 is 2.50 bits per heavy atom. The summed E-state index contributed by atoms with van der Waals surface area (Å²) >= 11 is 0. The molecule has 130 valence electrons. The quantitative estimate of drug-likeness (QED) is 0.715. The first-order chi connectivity index (χ1) is 11.3. The van der Waals surface area contributed by atoms with Crippen LogP contribution in [0.2, 0.25) is 0 Å². The lowest BCUT2D eigenvalue weighted by atomic mass is 9.97. The minimum atomic E-state index is -4.38. The predicted octanol–water partition coefficient (Wildman–Crippen LogP) is 4.75. The van der Waals surface area contributed by atoms with Crippen LogP contribution in [-0.2, 0) is 0 Å². The molecular weight excluding hydrogens is 315 g/mol. The minimum Gasteiger partial charge on any atom is -0.396 e. The summed E-state index contributed by atoms with van der Waals surface area (Å²) in [6.45, 7) is 5.17. The molecule has 0 saturated heterocycles. The van der Waals surface area contributed by atoms with Gasteiger partial charge in [-0.2, -0.15) is 13.2 Å². The number of halogens is 3. The first kappa shape index (κ1) is 18.5. The Morgan fingerprint density at radius 2 is 1.83 bits per heavy atom. The molecule has 2 rings (SSSR count). The highest BCUT2D eigenvalue weighted by atomic mass is 19.4. The molecule has 2 nitrogen and oxygen atoms in total. The van der Waals surface area contributed by atoms with Crippen LogP contribution in [0.25, 0.3) is 10.8 Å². The standard InChI is InChI=1S/C19H22F3NO/c1-13(10-11-24)12-18(19(20,21)22)23-14(2)16-9-5-7-15-6-3-4-8-17(15)16/h3-9,14,18,23-24H,1,10-12H2,2H3/t14-,18?/m1/s1. The van der Waals surface area contributed by atoms with E-state index in [1.807, 2.05) is 42.5 Å². The van der Waals surface area contributed by atoms with Gasteiger partial charge in [0, 0.05) is 12.6 Å². The predicted molar refractivity (Wildman–Crippen MR) is 90.8 cm³/mol. The fourth-order valence-electron chi connectivity index (χ4n) is 2.84. The van der Waals surface area contributed by atoms with Gasteiger partial charge in [-0.1, -0.05) is 54.6 Å². The largest absolute Gasteiger partial charge is 0.404 e. The number of aliphatic hydroxyl groups excluding tert-OH is 1. The van der Waals surface area contributed by atoms with E-state index in [9.17, 15) is 13.2 Å². The Kier molecular flexibility index (Phi) is 6.02. The molecule has 0 aliphatic heterocycles. The van der Waals surface area contributed by atoms with Crippen LogP contribution in [0, 0.1) is 0 Å². The molecule has 5 heteroatoms. The number of alkyl halides is 3. The Balaban J connectivity index is 2.23. The van der Waals surface area contributed by atoms with Crippen LogP contribution >= 0.6 is 0 Å². The van der Waals surface area contributed by atoms with E-state index in [0.29, 0.717) is 5.57 Å². The van der Waals surface area contributed by atoms with E-state index in [1.54, 1.807) is 6.92 Å². The van der Waals surface area contributed by atoms with Crippen molar-refractivity contribution < 1.29 is 18.3 Å². The van der Waals surface area contributed by atoms with Crippen molar-refractivity contribution in [2.75, 3.05) is 6.61 Å². The van der Waals surface area contributed by atoms with Gasteiger partial charge in [0.2, 0.25) is 0 Å². The second-order valence-corrected chi connectivity index (χ2v) is 5.98. The maximum absolute atomic E-state index is 13.3. The molecule has 0 aliphatic rings. The molecule has 0 aromatic heterocycles. The lowest BCUT2D eigenvalue weighted by Gasteiger charge is -2.27. The zero-order valence-corrected chi connectivity index (χ0v) is 13.6. The number of rotatable bonds is 7. The van der Waals surface area contributed by atoms with Crippen molar-refractivity contribution in [2.24, 2.45) is 0 Å². The number of hydrogen-bond donors (Lipinski definition) is 2. The molecule has 0 heterocycles. The van der Waals surface area contributed by atoms with Crippen molar-refractivity contribution >= 4 is 10.8 Å². The smallest absolute Gasteiger partial charge is 0.396 e.